The van der Waals surface area contributed by atoms with Crippen LogP contribution in [0.4, 0.5) is 4.39 Å². The van der Waals surface area contributed by atoms with Crippen LogP contribution in [-0.2, 0) is 6.42 Å². The second kappa shape index (κ2) is 4.03. The highest BCUT2D eigenvalue weighted by molar-refractivity contribution is 5.80. The number of amidine groups is 1. The summed E-state index contributed by atoms with van der Waals surface area (Å²) in [5, 5.41) is 7.54. The Morgan fingerprint density at radius 3 is 2.54 bits per heavy atom. The largest absolute Gasteiger partial charge is 0.366 e. The van der Waals surface area contributed by atoms with Gasteiger partial charge in [-0.3, -0.25) is 5.41 Å². The minimum atomic E-state index is -0.242. The Hall–Kier alpha value is -1.38. The maximum Gasteiger partial charge on any atom is 0.126 e. The number of likely N-dealkylation sites (N-methyl/N-ethyl adjacent to an activating group) is 1. The molecule has 0 aliphatic carbocycles. The van der Waals surface area contributed by atoms with E-state index in [9.17, 15) is 4.39 Å². The van der Waals surface area contributed by atoms with Crippen molar-refractivity contribution in [2.45, 2.75) is 6.42 Å². The summed E-state index contributed by atoms with van der Waals surface area (Å²) < 4.78 is 13.1. The summed E-state index contributed by atoms with van der Waals surface area (Å²) in [6.45, 7) is 0. The van der Waals surface area contributed by atoms with E-state index in [1.165, 1.54) is 6.07 Å². The molecular weight excluding hydrogens is 167 g/mol. The van der Waals surface area contributed by atoms with Crippen LogP contribution < -0.4 is 0 Å². The van der Waals surface area contributed by atoms with Crippen molar-refractivity contribution in [3.8, 4) is 0 Å². The first-order valence-corrected chi connectivity index (χ1v) is 4.09. The summed E-state index contributed by atoms with van der Waals surface area (Å²) in [5.41, 5.74) is 0.571. The summed E-state index contributed by atoms with van der Waals surface area (Å²) in [5.74, 6) is 0.166. The third kappa shape index (κ3) is 2.54. The van der Waals surface area contributed by atoms with Crippen LogP contribution in [0.1, 0.15) is 5.56 Å². The molecule has 0 radical (unpaired) electrons. The minimum Gasteiger partial charge on any atom is -0.366 e. The summed E-state index contributed by atoms with van der Waals surface area (Å²) >= 11 is 0. The topological polar surface area (TPSA) is 27.1 Å². The second-order valence-corrected chi connectivity index (χ2v) is 3.11. The molecule has 0 bridgehead atoms. The van der Waals surface area contributed by atoms with Crippen LogP contribution in [0.25, 0.3) is 0 Å². The molecule has 0 atom stereocenters. The first kappa shape index (κ1) is 9.71. The predicted molar refractivity (Wildman–Crippen MR) is 51.5 cm³/mol. The minimum absolute atomic E-state index is 0.242. The molecule has 2 nitrogen and oxygen atoms in total. The number of nitrogens with zero attached hydrogens (tertiary/aromatic N) is 1. The van der Waals surface area contributed by atoms with Gasteiger partial charge in [0.15, 0.2) is 0 Å². The van der Waals surface area contributed by atoms with Gasteiger partial charge in [0.05, 0.1) is 5.84 Å². The van der Waals surface area contributed by atoms with Crippen molar-refractivity contribution in [1.82, 2.24) is 4.90 Å². The fraction of sp³-hybridized carbons (Fsp3) is 0.300. The van der Waals surface area contributed by atoms with Crippen molar-refractivity contribution in [1.29, 1.82) is 5.41 Å². The van der Waals surface area contributed by atoms with E-state index in [4.69, 9.17) is 5.41 Å². The Balaban J connectivity index is 2.75. The highest BCUT2D eigenvalue weighted by Gasteiger charge is 2.05. The first-order valence-electron chi connectivity index (χ1n) is 4.09. The van der Waals surface area contributed by atoms with Crippen LogP contribution in [0.3, 0.4) is 0 Å². The van der Waals surface area contributed by atoms with Crippen molar-refractivity contribution in [2.75, 3.05) is 14.1 Å². The zero-order valence-corrected chi connectivity index (χ0v) is 7.84. The van der Waals surface area contributed by atoms with Gasteiger partial charge in [0, 0.05) is 20.5 Å². The highest BCUT2D eigenvalue weighted by atomic mass is 19.1. The van der Waals surface area contributed by atoms with E-state index in [-0.39, 0.29) is 5.82 Å². The molecule has 70 valence electrons. The van der Waals surface area contributed by atoms with E-state index in [0.29, 0.717) is 17.8 Å². The Morgan fingerprint density at radius 1 is 1.38 bits per heavy atom. The molecule has 0 amide bonds. The van der Waals surface area contributed by atoms with E-state index < -0.39 is 0 Å². The van der Waals surface area contributed by atoms with Gasteiger partial charge < -0.3 is 4.90 Å². The Bertz CT molecular complexity index is 308. The van der Waals surface area contributed by atoms with Crippen molar-refractivity contribution >= 4 is 5.84 Å². The second-order valence-electron chi connectivity index (χ2n) is 3.11. The Kier molecular flexibility index (Phi) is 3.01. The van der Waals surface area contributed by atoms with Crippen molar-refractivity contribution in [3.63, 3.8) is 0 Å². The normalized spacial score (nSPS) is 9.77. The predicted octanol–water partition coefficient (Wildman–Crippen LogP) is 1.91. The number of halogens is 1. The van der Waals surface area contributed by atoms with Crippen LogP contribution in [0.2, 0.25) is 0 Å². The average molecular weight is 180 g/mol. The van der Waals surface area contributed by atoms with Crippen LogP contribution in [0, 0.1) is 11.2 Å². The van der Waals surface area contributed by atoms with E-state index in [1.54, 1.807) is 37.2 Å². The zero-order chi connectivity index (χ0) is 9.84. The summed E-state index contributed by atoms with van der Waals surface area (Å²) in [6, 6.07) is 6.55. The number of nitrogens with one attached hydrogen (secondary N) is 1. The standard InChI is InChI=1S/C10H13FN2/c1-13(2)10(12)7-8-5-3-4-6-9(8)11/h3-6,12H,7H2,1-2H3. The SMILES string of the molecule is CN(C)C(=N)Cc1ccccc1F. The van der Waals surface area contributed by atoms with Gasteiger partial charge in [0.1, 0.15) is 5.82 Å². The van der Waals surface area contributed by atoms with Gasteiger partial charge in [-0.15, -0.1) is 0 Å². The maximum absolute atomic E-state index is 13.1. The van der Waals surface area contributed by atoms with Gasteiger partial charge >= 0.3 is 0 Å². The molecule has 0 heterocycles. The number of hydrogen-bond donors (Lipinski definition) is 1. The molecule has 0 spiro atoms. The third-order valence-corrected chi connectivity index (χ3v) is 1.86. The molecule has 0 saturated carbocycles. The smallest absolute Gasteiger partial charge is 0.126 e. The molecule has 13 heavy (non-hydrogen) atoms. The quantitative estimate of drug-likeness (QED) is 0.546. The first-order chi connectivity index (χ1) is 6.11. The fourth-order valence-corrected chi connectivity index (χ4v) is 0.980. The van der Waals surface area contributed by atoms with Gasteiger partial charge in [-0.05, 0) is 11.6 Å². The van der Waals surface area contributed by atoms with Gasteiger partial charge in [-0.25, -0.2) is 4.39 Å². The van der Waals surface area contributed by atoms with Crippen molar-refractivity contribution in [2.24, 2.45) is 0 Å². The van der Waals surface area contributed by atoms with Gasteiger partial charge in [-0.2, -0.15) is 0 Å². The maximum atomic E-state index is 13.1. The molecule has 1 aromatic carbocycles. The lowest BCUT2D eigenvalue weighted by Crippen LogP contribution is -2.23. The monoisotopic (exact) mass is 180 g/mol. The molecule has 0 aromatic heterocycles. The van der Waals surface area contributed by atoms with Gasteiger partial charge in [0.25, 0.3) is 0 Å². The van der Waals surface area contributed by atoms with Crippen LogP contribution in [0.15, 0.2) is 24.3 Å². The van der Waals surface area contributed by atoms with Crippen molar-refractivity contribution in [3.05, 3.63) is 35.6 Å². The van der Waals surface area contributed by atoms with Crippen LogP contribution in [-0.4, -0.2) is 24.8 Å². The highest BCUT2D eigenvalue weighted by Crippen LogP contribution is 2.07. The number of rotatable bonds is 2. The molecular formula is C10H13FN2. The zero-order valence-electron chi connectivity index (χ0n) is 7.84. The molecule has 1 N–H and O–H groups in total. The molecule has 3 heteroatoms. The lowest BCUT2D eigenvalue weighted by molar-refractivity contribution is 0.589. The molecule has 0 aliphatic rings. The number of hydrogen-bond acceptors (Lipinski definition) is 1. The summed E-state index contributed by atoms with van der Waals surface area (Å²) in [6.07, 6.45) is 0.347. The van der Waals surface area contributed by atoms with E-state index in [2.05, 4.69) is 0 Å². The van der Waals surface area contributed by atoms with Gasteiger partial charge in [-0.1, -0.05) is 18.2 Å². The van der Waals surface area contributed by atoms with E-state index in [1.807, 2.05) is 0 Å². The molecule has 1 aromatic rings. The van der Waals surface area contributed by atoms with Crippen LogP contribution in [0.5, 0.6) is 0 Å². The lowest BCUT2D eigenvalue weighted by atomic mass is 10.1. The molecule has 1 rings (SSSR count). The molecule has 0 fully saturated rings. The van der Waals surface area contributed by atoms with E-state index >= 15 is 0 Å². The molecule has 0 saturated heterocycles. The fourth-order valence-electron chi connectivity index (χ4n) is 0.980. The summed E-state index contributed by atoms with van der Waals surface area (Å²) in [7, 11) is 3.56. The average Bonchev–Trinajstić information content (AvgIpc) is 2.08. The van der Waals surface area contributed by atoms with Crippen molar-refractivity contribution < 1.29 is 4.39 Å². The third-order valence-electron chi connectivity index (χ3n) is 1.86. The lowest BCUT2D eigenvalue weighted by Gasteiger charge is -2.13. The van der Waals surface area contributed by atoms with E-state index in [0.717, 1.165) is 0 Å². The Labute approximate surface area is 77.5 Å². The van der Waals surface area contributed by atoms with Gasteiger partial charge in [0.2, 0.25) is 0 Å². The number of benzene rings is 1. The Morgan fingerprint density at radius 2 is 2.00 bits per heavy atom. The molecule has 0 aliphatic heterocycles. The molecule has 0 unspecified atom stereocenters. The summed E-state index contributed by atoms with van der Waals surface area (Å²) in [4.78, 5) is 1.67. The van der Waals surface area contributed by atoms with Crippen LogP contribution >= 0.6 is 0 Å².